The summed E-state index contributed by atoms with van der Waals surface area (Å²) < 4.78 is 26.5. The van der Waals surface area contributed by atoms with Crippen LogP contribution in [0.25, 0.3) is 0 Å². The minimum atomic E-state index is -0.834. The van der Waals surface area contributed by atoms with Gasteiger partial charge < -0.3 is 0 Å². The summed E-state index contributed by atoms with van der Waals surface area (Å²) in [5.74, 6) is -1.66. The molecular formula is C16H13Br2ClF2. The SMILES string of the molecule is Fc1ccc(CC(CBr)(CBr)c2ccccc2Cl)cc1F. The topological polar surface area (TPSA) is 0 Å². The molecule has 2 aromatic carbocycles. The third kappa shape index (κ3) is 3.66. The van der Waals surface area contributed by atoms with Crippen LogP contribution >= 0.6 is 43.5 Å². The molecule has 2 aromatic rings. The molecule has 21 heavy (non-hydrogen) atoms. The van der Waals surface area contributed by atoms with Gasteiger partial charge in [0.25, 0.3) is 0 Å². The number of hydrogen-bond acceptors (Lipinski definition) is 0. The molecule has 0 aliphatic carbocycles. The molecule has 0 fully saturated rings. The standard InChI is InChI=1S/C16H13Br2ClF2/c17-9-16(10-18,12-3-1-2-4-13(12)19)8-11-5-6-14(20)15(21)7-11/h1-7H,8-10H2. The van der Waals surface area contributed by atoms with Crippen molar-refractivity contribution in [1.82, 2.24) is 0 Å². The van der Waals surface area contributed by atoms with Crippen LogP contribution in [-0.4, -0.2) is 10.7 Å². The van der Waals surface area contributed by atoms with Crippen molar-refractivity contribution >= 4 is 43.5 Å². The van der Waals surface area contributed by atoms with Crippen LogP contribution in [0.4, 0.5) is 8.78 Å². The fourth-order valence-electron chi connectivity index (χ4n) is 2.30. The first-order valence-corrected chi connectivity index (χ1v) is 8.95. The molecule has 0 saturated carbocycles. The summed E-state index contributed by atoms with van der Waals surface area (Å²) in [4.78, 5) is 0. The lowest BCUT2D eigenvalue weighted by molar-refractivity contribution is 0.501. The van der Waals surface area contributed by atoms with Crippen LogP contribution in [-0.2, 0) is 11.8 Å². The van der Waals surface area contributed by atoms with E-state index in [9.17, 15) is 8.78 Å². The summed E-state index contributed by atoms with van der Waals surface area (Å²) in [7, 11) is 0. The van der Waals surface area contributed by atoms with Gasteiger partial charge in [-0.2, -0.15) is 0 Å². The number of halogens is 5. The normalized spacial score (nSPS) is 11.7. The maximum Gasteiger partial charge on any atom is 0.159 e. The molecule has 0 N–H and O–H groups in total. The molecule has 0 amide bonds. The Morgan fingerprint density at radius 3 is 2.19 bits per heavy atom. The monoisotopic (exact) mass is 436 g/mol. The Morgan fingerprint density at radius 1 is 0.952 bits per heavy atom. The van der Waals surface area contributed by atoms with Gasteiger partial charge in [-0.25, -0.2) is 8.78 Å². The van der Waals surface area contributed by atoms with Crippen LogP contribution in [0.2, 0.25) is 5.02 Å². The van der Waals surface area contributed by atoms with E-state index in [1.54, 1.807) is 6.07 Å². The number of alkyl halides is 2. The second-order valence-corrected chi connectivity index (χ2v) is 6.48. The molecule has 0 aliphatic rings. The molecule has 0 nitrogen and oxygen atoms in total. The maximum absolute atomic E-state index is 13.4. The van der Waals surface area contributed by atoms with Crippen molar-refractivity contribution in [2.75, 3.05) is 10.7 Å². The second-order valence-electron chi connectivity index (χ2n) is 4.95. The smallest absolute Gasteiger partial charge is 0.159 e. The van der Waals surface area contributed by atoms with E-state index < -0.39 is 11.6 Å². The van der Waals surface area contributed by atoms with Crippen molar-refractivity contribution in [3.8, 4) is 0 Å². The van der Waals surface area contributed by atoms with Crippen LogP contribution < -0.4 is 0 Å². The first-order chi connectivity index (χ1) is 10.0. The Morgan fingerprint density at radius 2 is 1.62 bits per heavy atom. The van der Waals surface area contributed by atoms with Crippen molar-refractivity contribution in [2.24, 2.45) is 0 Å². The lowest BCUT2D eigenvalue weighted by atomic mass is 9.79. The van der Waals surface area contributed by atoms with Gasteiger partial charge >= 0.3 is 0 Å². The summed E-state index contributed by atoms with van der Waals surface area (Å²) in [6.45, 7) is 0. The molecule has 2 rings (SSSR count). The van der Waals surface area contributed by atoms with Gasteiger partial charge in [0.15, 0.2) is 11.6 Å². The third-order valence-electron chi connectivity index (χ3n) is 3.48. The van der Waals surface area contributed by atoms with Crippen LogP contribution in [0.1, 0.15) is 11.1 Å². The summed E-state index contributed by atoms with van der Waals surface area (Å²) in [5.41, 5.74) is 1.38. The summed E-state index contributed by atoms with van der Waals surface area (Å²) in [6, 6.07) is 11.6. The highest BCUT2D eigenvalue weighted by molar-refractivity contribution is 9.09. The van der Waals surface area contributed by atoms with E-state index in [4.69, 9.17) is 11.6 Å². The summed E-state index contributed by atoms with van der Waals surface area (Å²) in [6.07, 6.45) is 0.546. The molecule has 112 valence electrons. The van der Waals surface area contributed by atoms with Gasteiger partial charge in [-0.1, -0.05) is 67.7 Å². The van der Waals surface area contributed by atoms with Crippen LogP contribution in [0.3, 0.4) is 0 Å². The molecule has 0 bridgehead atoms. The van der Waals surface area contributed by atoms with Crippen molar-refractivity contribution in [2.45, 2.75) is 11.8 Å². The lowest BCUT2D eigenvalue weighted by Crippen LogP contribution is -2.33. The molecule has 5 heteroatoms. The zero-order chi connectivity index (χ0) is 15.5. The summed E-state index contributed by atoms with van der Waals surface area (Å²) >= 11 is 13.4. The van der Waals surface area contributed by atoms with Crippen molar-refractivity contribution < 1.29 is 8.78 Å². The van der Waals surface area contributed by atoms with E-state index in [1.807, 2.05) is 24.3 Å². The zero-order valence-electron chi connectivity index (χ0n) is 11.1. The van der Waals surface area contributed by atoms with Gasteiger partial charge in [0.1, 0.15) is 0 Å². The van der Waals surface area contributed by atoms with Crippen LogP contribution in [0.5, 0.6) is 0 Å². The average Bonchev–Trinajstić information content (AvgIpc) is 2.49. The first-order valence-electron chi connectivity index (χ1n) is 6.33. The number of rotatable bonds is 5. The van der Waals surface area contributed by atoms with Gasteiger partial charge in [-0.15, -0.1) is 0 Å². The van der Waals surface area contributed by atoms with E-state index in [-0.39, 0.29) is 5.41 Å². The molecule has 0 radical (unpaired) electrons. The van der Waals surface area contributed by atoms with E-state index in [0.717, 1.165) is 17.2 Å². The highest BCUT2D eigenvalue weighted by Gasteiger charge is 2.32. The highest BCUT2D eigenvalue weighted by Crippen LogP contribution is 2.37. The Bertz CT molecular complexity index is 627. The fourth-order valence-corrected chi connectivity index (χ4v) is 4.57. The largest absolute Gasteiger partial charge is 0.204 e. The zero-order valence-corrected chi connectivity index (χ0v) is 15.0. The summed E-state index contributed by atoms with van der Waals surface area (Å²) in [5, 5.41) is 1.96. The van der Waals surface area contributed by atoms with E-state index in [2.05, 4.69) is 31.9 Å². The minimum Gasteiger partial charge on any atom is -0.204 e. The lowest BCUT2D eigenvalue weighted by Gasteiger charge is -2.31. The fraction of sp³-hybridized carbons (Fsp3) is 0.250. The Hall–Kier alpha value is -0.450. The molecule has 0 aromatic heterocycles. The van der Waals surface area contributed by atoms with Crippen LogP contribution in [0.15, 0.2) is 42.5 Å². The molecule has 0 unspecified atom stereocenters. The Kier molecular flexibility index (Phi) is 5.81. The molecular weight excluding hydrogens is 425 g/mol. The Balaban J connectivity index is 2.43. The molecule has 0 aliphatic heterocycles. The maximum atomic E-state index is 13.4. The number of hydrogen-bond donors (Lipinski definition) is 0. The highest BCUT2D eigenvalue weighted by atomic mass is 79.9. The van der Waals surface area contributed by atoms with Gasteiger partial charge in [0.05, 0.1) is 0 Å². The molecule has 0 atom stereocenters. The van der Waals surface area contributed by atoms with Crippen molar-refractivity contribution in [1.29, 1.82) is 0 Å². The van der Waals surface area contributed by atoms with Crippen molar-refractivity contribution in [3.05, 3.63) is 70.2 Å². The molecule has 0 saturated heterocycles. The van der Waals surface area contributed by atoms with E-state index in [1.165, 1.54) is 6.07 Å². The molecule has 0 spiro atoms. The van der Waals surface area contributed by atoms with Crippen molar-refractivity contribution in [3.63, 3.8) is 0 Å². The minimum absolute atomic E-state index is 0.331. The van der Waals surface area contributed by atoms with Gasteiger partial charge in [0.2, 0.25) is 0 Å². The average molecular weight is 439 g/mol. The first kappa shape index (κ1) is 16.9. The van der Waals surface area contributed by atoms with Gasteiger partial charge in [0, 0.05) is 21.1 Å². The van der Waals surface area contributed by atoms with E-state index >= 15 is 0 Å². The van der Waals surface area contributed by atoms with Gasteiger partial charge in [-0.05, 0) is 35.7 Å². The van der Waals surface area contributed by atoms with Gasteiger partial charge in [-0.3, -0.25) is 0 Å². The van der Waals surface area contributed by atoms with E-state index in [0.29, 0.717) is 22.1 Å². The predicted molar refractivity (Wildman–Crippen MR) is 90.8 cm³/mol. The second kappa shape index (κ2) is 7.21. The quantitative estimate of drug-likeness (QED) is 0.511. The van der Waals surface area contributed by atoms with Crippen LogP contribution in [0, 0.1) is 11.6 Å². The predicted octanol–water partition coefficient (Wildman–Crippen LogP) is 5.89. The third-order valence-corrected chi connectivity index (χ3v) is 5.96. The number of benzene rings is 2. The molecule has 0 heterocycles. The Labute approximate surface area is 144 Å².